The van der Waals surface area contributed by atoms with Crippen LogP contribution in [0.2, 0.25) is 10.3 Å². The zero-order chi connectivity index (χ0) is 22.3. The molecular weight excluding hydrogens is 443 g/mol. The van der Waals surface area contributed by atoms with Crippen LogP contribution in [0.5, 0.6) is 0 Å². The first kappa shape index (κ1) is 21.8. The number of imidazole rings is 1. The van der Waals surface area contributed by atoms with E-state index in [-0.39, 0.29) is 17.6 Å². The smallest absolute Gasteiger partial charge is 0.228 e. The highest BCUT2D eigenvalue weighted by molar-refractivity contribution is 6.30. The second-order valence-electron chi connectivity index (χ2n) is 7.85. The van der Waals surface area contributed by atoms with Crippen molar-refractivity contribution in [2.75, 3.05) is 12.4 Å². The van der Waals surface area contributed by atoms with Gasteiger partial charge >= 0.3 is 0 Å². The molecule has 3 aromatic rings. The van der Waals surface area contributed by atoms with Gasteiger partial charge in [0.2, 0.25) is 11.2 Å². The second-order valence-corrected chi connectivity index (χ2v) is 8.63. The Bertz CT molecular complexity index is 1140. The number of amides is 1. The fraction of sp³-hybridized carbons (Fsp3) is 0.400. The van der Waals surface area contributed by atoms with E-state index in [0.717, 1.165) is 5.56 Å². The standard InChI is InChI=1S/C20H22Cl2N6O3/c1-20(18(31)23-2)7-12(14(29)15(20)30)28-9-25-13-16(26-19(22)27-17(13)28)24-8-10-4-3-5-11(21)6-10/h3-6,9,12,14-15,29-30H,7-8H2,1-2H3,(H,23,31)(H,24,26,27)/t12-,14?,15?,20+/m1/s1. The summed E-state index contributed by atoms with van der Waals surface area (Å²) in [5.41, 5.74) is 0.651. The molecule has 1 aromatic carbocycles. The van der Waals surface area contributed by atoms with E-state index in [0.29, 0.717) is 28.5 Å². The molecule has 4 atom stereocenters. The topological polar surface area (TPSA) is 125 Å². The molecule has 2 heterocycles. The maximum atomic E-state index is 12.3. The van der Waals surface area contributed by atoms with E-state index in [1.807, 2.05) is 18.2 Å². The monoisotopic (exact) mass is 464 g/mol. The van der Waals surface area contributed by atoms with Gasteiger partial charge in [0.1, 0.15) is 6.10 Å². The number of carbonyl (C=O) groups is 1. The van der Waals surface area contributed by atoms with Crippen molar-refractivity contribution in [3.8, 4) is 0 Å². The molecule has 9 nitrogen and oxygen atoms in total. The third kappa shape index (κ3) is 3.82. The molecule has 0 radical (unpaired) electrons. The Hall–Kier alpha value is -2.46. The van der Waals surface area contributed by atoms with Gasteiger partial charge in [-0.3, -0.25) is 4.79 Å². The van der Waals surface area contributed by atoms with Crippen LogP contribution in [0.1, 0.15) is 24.9 Å². The van der Waals surface area contributed by atoms with Crippen molar-refractivity contribution >= 4 is 46.1 Å². The number of hydrogen-bond acceptors (Lipinski definition) is 7. The van der Waals surface area contributed by atoms with Crippen LogP contribution in [-0.4, -0.2) is 54.9 Å². The minimum atomic E-state index is -1.24. The number of halogens is 2. The van der Waals surface area contributed by atoms with Gasteiger partial charge in [0.15, 0.2) is 17.0 Å². The van der Waals surface area contributed by atoms with Crippen LogP contribution in [0, 0.1) is 5.41 Å². The van der Waals surface area contributed by atoms with Crippen LogP contribution in [-0.2, 0) is 11.3 Å². The molecule has 1 aliphatic rings. The number of rotatable bonds is 5. The summed E-state index contributed by atoms with van der Waals surface area (Å²) in [5.74, 6) is 0.0818. The number of hydrogen-bond donors (Lipinski definition) is 4. The summed E-state index contributed by atoms with van der Waals surface area (Å²) in [7, 11) is 1.50. The minimum Gasteiger partial charge on any atom is -0.389 e. The van der Waals surface area contributed by atoms with Crippen LogP contribution in [0.3, 0.4) is 0 Å². The van der Waals surface area contributed by atoms with Gasteiger partial charge in [-0.25, -0.2) is 4.98 Å². The fourth-order valence-electron chi connectivity index (χ4n) is 4.13. The van der Waals surface area contributed by atoms with Gasteiger partial charge < -0.3 is 25.4 Å². The van der Waals surface area contributed by atoms with E-state index in [1.54, 1.807) is 17.6 Å². The summed E-state index contributed by atoms with van der Waals surface area (Å²) in [5, 5.41) is 27.7. The minimum absolute atomic E-state index is 0.00458. The quantitative estimate of drug-likeness (QED) is 0.426. The molecule has 0 spiro atoms. The second kappa shape index (κ2) is 8.23. The zero-order valence-electron chi connectivity index (χ0n) is 16.9. The average molecular weight is 465 g/mol. The molecule has 4 rings (SSSR count). The maximum absolute atomic E-state index is 12.3. The van der Waals surface area contributed by atoms with Crippen molar-refractivity contribution < 1.29 is 15.0 Å². The molecule has 11 heteroatoms. The van der Waals surface area contributed by atoms with E-state index in [1.165, 1.54) is 13.4 Å². The fourth-order valence-corrected chi connectivity index (χ4v) is 4.50. The van der Waals surface area contributed by atoms with Crippen LogP contribution in [0.4, 0.5) is 5.82 Å². The Labute approximate surface area is 188 Å². The van der Waals surface area contributed by atoms with E-state index < -0.39 is 23.7 Å². The molecule has 0 saturated heterocycles. The lowest BCUT2D eigenvalue weighted by atomic mass is 9.85. The average Bonchev–Trinajstić information content (AvgIpc) is 3.26. The van der Waals surface area contributed by atoms with Crippen molar-refractivity contribution in [3.05, 3.63) is 46.5 Å². The first-order valence-electron chi connectivity index (χ1n) is 9.71. The van der Waals surface area contributed by atoms with Gasteiger partial charge in [-0.2, -0.15) is 9.97 Å². The SMILES string of the molecule is CNC(=O)[C@@]1(C)C[C@@H](n2cnc3c(NCc4cccc(Cl)c4)nc(Cl)nc32)C(O)C1O. The summed E-state index contributed by atoms with van der Waals surface area (Å²) in [6, 6.07) is 6.79. The summed E-state index contributed by atoms with van der Waals surface area (Å²) in [4.78, 5) is 25.3. The summed E-state index contributed by atoms with van der Waals surface area (Å²) in [6.45, 7) is 2.06. The number of nitrogens with one attached hydrogen (secondary N) is 2. The molecule has 31 heavy (non-hydrogen) atoms. The predicted octanol–water partition coefficient (Wildman–Crippen LogP) is 2.16. The number of fused-ring (bicyclic) bond motifs is 1. The van der Waals surface area contributed by atoms with E-state index >= 15 is 0 Å². The Morgan fingerprint density at radius 2 is 2.10 bits per heavy atom. The number of aromatic nitrogens is 4. The molecule has 1 aliphatic carbocycles. The summed E-state index contributed by atoms with van der Waals surface area (Å²) >= 11 is 12.2. The van der Waals surface area contributed by atoms with Crippen molar-refractivity contribution in [2.24, 2.45) is 5.41 Å². The summed E-state index contributed by atoms with van der Waals surface area (Å²) in [6.07, 6.45) is -0.715. The summed E-state index contributed by atoms with van der Waals surface area (Å²) < 4.78 is 1.63. The van der Waals surface area contributed by atoms with E-state index in [2.05, 4.69) is 25.6 Å². The Morgan fingerprint density at radius 3 is 2.81 bits per heavy atom. The lowest BCUT2D eigenvalue weighted by Crippen LogP contribution is -2.45. The van der Waals surface area contributed by atoms with Gasteiger partial charge in [-0.05, 0) is 42.6 Å². The van der Waals surface area contributed by atoms with Crippen LogP contribution in [0.25, 0.3) is 11.2 Å². The number of anilines is 1. The van der Waals surface area contributed by atoms with Gasteiger partial charge in [0.25, 0.3) is 0 Å². The Balaban J connectivity index is 1.67. The first-order valence-corrected chi connectivity index (χ1v) is 10.5. The molecular formula is C20H22Cl2N6O3. The highest BCUT2D eigenvalue weighted by Crippen LogP contribution is 2.45. The molecule has 1 amide bonds. The van der Waals surface area contributed by atoms with E-state index in [9.17, 15) is 15.0 Å². The van der Waals surface area contributed by atoms with Gasteiger partial charge in [0, 0.05) is 18.6 Å². The third-order valence-corrected chi connectivity index (χ3v) is 6.25. The predicted molar refractivity (Wildman–Crippen MR) is 117 cm³/mol. The largest absolute Gasteiger partial charge is 0.389 e. The lowest BCUT2D eigenvalue weighted by molar-refractivity contribution is -0.136. The zero-order valence-corrected chi connectivity index (χ0v) is 18.4. The molecule has 2 unspecified atom stereocenters. The lowest BCUT2D eigenvalue weighted by Gasteiger charge is -2.26. The van der Waals surface area contributed by atoms with Crippen molar-refractivity contribution in [1.29, 1.82) is 0 Å². The molecule has 1 fully saturated rings. The molecule has 1 saturated carbocycles. The Morgan fingerprint density at radius 1 is 1.32 bits per heavy atom. The van der Waals surface area contributed by atoms with Crippen LogP contribution >= 0.6 is 23.2 Å². The Kier molecular flexibility index (Phi) is 5.78. The molecule has 0 aliphatic heterocycles. The van der Waals surface area contributed by atoms with E-state index in [4.69, 9.17) is 23.2 Å². The normalized spacial score (nSPS) is 25.7. The van der Waals surface area contributed by atoms with Crippen LogP contribution < -0.4 is 10.6 Å². The maximum Gasteiger partial charge on any atom is 0.228 e. The molecule has 164 valence electrons. The third-order valence-electron chi connectivity index (χ3n) is 5.85. The molecule has 4 N–H and O–H groups in total. The van der Waals surface area contributed by atoms with Crippen molar-refractivity contribution in [2.45, 2.75) is 38.1 Å². The van der Waals surface area contributed by atoms with Gasteiger partial charge in [0.05, 0.1) is 23.9 Å². The number of carbonyl (C=O) groups excluding carboxylic acids is 1. The van der Waals surface area contributed by atoms with Crippen LogP contribution in [0.15, 0.2) is 30.6 Å². The highest BCUT2D eigenvalue weighted by Gasteiger charge is 2.54. The van der Waals surface area contributed by atoms with Crippen molar-refractivity contribution in [3.63, 3.8) is 0 Å². The molecule has 2 aromatic heterocycles. The van der Waals surface area contributed by atoms with Gasteiger partial charge in [-0.1, -0.05) is 23.7 Å². The number of nitrogens with zero attached hydrogens (tertiary/aromatic N) is 4. The first-order chi connectivity index (χ1) is 14.7. The number of benzene rings is 1. The number of aliphatic hydroxyl groups excluding tert-OH is 2. The van der Waals surface area contributed by atoms with Crippen molar-refractivity contribution in [1.82, 2.24) is 24.8 Å². The molecule has 0 bridgehead atoms. The van der Waals surface area contributed by atoms with Gasteiger partial charge in [-0.15, -0.1) is 0 Å². The number of aliphatic hydroxyl groups is 2. The highest BCUT2D eigenvalue weighted by atomic mass is 35.5.